The molecular formula is C27H29FN4O5S. The van der Waals surface area contributed by atoms with Crippen LogP contribution in [-0.2, 0) is 17.8 Å². The van der Waals surface area contributed by atoms with Crippen molar-refractivity contribution in [2.75, 3.05) is 26.0 Å². The van der Waals surface area contributed by atoms with E-state index in [1.807, 2.05) is 25.2 Å². The standard InChI is InChI=1S/C24H26N4O4S.C3H3FO/c1-5-15-6-8-18(29-3)21(10-15)33-28-24-23-19(30-4)11-17(12-20(23)32-27-24)31-22-9-7-16(13-25-2)14-26-22;1-3(4)2-5/h6-12,14,25H,5,13H2,1-4H3,(H,27,28);2H,1H2. The van der Waals surface area contributed by atoms with E-state index in [9.17, 15) is 4.39 Å². The number of methoxy groups -OCH3 is 2. The Morgan fingerprint density at radius 1 is 1.13 bits per heavy atom. The summed E-state index contributed by atoms with van der Waals surface area (Å²) in [6.07, 6.45) is 2.77. The summed E-state index contributed by atoms with van der Waals surface area (Å²) in [6.45, 7) is 5.50. The SMILES string of the molecule is C=C(F)C=O.CCc1ccc(OC)c(SNc2noc3cc(Oc4ccc(CNC)cn4)cc(OC)c23)c1. The molecule has 4 rings (SSSR count). The minimum absolute atomic E-state index is 0.0556. The largest absolute Gasteiger partial charge is 0.496 e. The molecule has 0 atom stereocenters. The van der Waals surface area contributed by atoms with Crippen molar-refractivity contribution in [1.29, 1.82) is 0 Å². The molecule has 0 unspecified atom stereocenters. The molecule has 0 spiro atoms. The van der Waals surface area contributed by atoms with Crippen LogP contribution in [0.15, 0.2) is 70.5 Å². The number of aldehydes is 1. The average molecular weight is 541 g/mol. The number of fused-ring (bicyclic) bond motifs is 1. The first-order valence-electron chi connectivity index (χ1n) is 11.6. The van der Waals surface area contributed by atoms with E-state index >= 15 is 0 Å². The van der Waals surface area contributed by atoms with Crippen LogP contribution in [0.4, 0.5) is 10.2 Å². The summed E-state index contributed by atoms with van der Waals surface area (Å²) in [6, 6.07) is 13.5. The summed E-state index contributed by atoms with van der Waals surface area (Å²) < 4.78 is 36.7. The number of carbonyl (C=O) groups excluding carboxylic acids is 1. The number of halogens is 1. The van der Waals surface area contributed by atoms with Gasteiger partial charge in [0.25, 0.3) is 0 Å². The highest BCUT2D eigenvalue weighted by atomic mass is 32.2. The first-order valence-corrected chi connectivity index (χ1v) is 12.4. The lowest BCUT2D eigenvalue weighted by Crippen LogP contribution is -2.05. The van der Waals surface area contributed by atoms with E-state index in [4.69, 9.17) is 23.5 Å². The summed E-state index contributed by atoms with van der Waals surface area (Å²) in [5, 5.41) is 8.01. The van der Waals surface area contributed by atoms with Crippen LogP contribution in [0.3, 0.4) is 0 Å². The first-order chi connectivity index (χ1) is 18.4. The van der Waals surface area contributed by atoms with Crippen LogP contribution >= 0.6 is 11.9 Å². The molecule has 0 saturated carbocycles. The molecule has 0 aliphatic carbocycles. The fourth-order valence-corrected chi connectivity index (χ4v) is 4.13. The fourth-order valence-electron chi connectivity index (χ4n) is 3.33. The monoisotopic (exact) mass is 540 g/mol. The second-order valence-corrected chi connectivity index (χ2v) is 8.62. The zero-order valence-corrected chi connectivity index (χ0v) is 22.4. The van der Waals surface area contributed by atoms with Crippen molar-refractivity contribution in [3.05, 3.63) is 72.2 Å². The van der Waals surface area contributed by atoms with E-state index in [1.165, 1.54) is 17.5 Å². The van der Waals surface area contributed by atoms with Crippen molar-refractivity contribution >= 4 is 35.0 Å². The quantitative estimate of drug-likeness (QED) is 0.132. The number of aryl methyl sites for hydroxylation is 1. The van der Waals surface area contributed by atoms with Crippen LogP contribution in [0.2, 0.25) is 0 Å². The first kappa shape index (κ1) is 28.5. The van der Waals surface area contributed by atoms with Gasteiger partial charge in [-0.1, -0.05) is 30.8 Å². The lowest BCUT2D eigenvalue weighted by atomic mass is 10.2. The molecule has 0 aliphatic heterocycles. The van der Waals surface area contributed by atoms with E-state index in [2.05, 4.69) is 45.8 Å². The van der Waals surface area contributed by atoms with Crippen LogP contribution in [0.5, 0.6) is 23.1 Å². The second kappa shape index (κ2) is 14.0. The number of pyridine rings is 1. The van der Waals surface area contributed by atoms with Gasteiger partial charge in [0.2, 0.25) is 5.88 Å². The Bertz CT molecular complexity index is 1380. The van der Waals surface area contributed by atoms with Crippen LogP contribution < -0.4 is 24.2 Å². The Morgan fingerprint density at radius 3 is 2.47 bits per heavy atom. The summed E-state index contributed by atoms with van der Waals surface area (Å²) in [5.74, 6) is 2.01. The van der Waals surface area contributed by atoms with E-state index < -0.39 is 5.83 Å². The lowest BCUT2D eigenvalue weighted by Gasteiger charge is -2.11. The van der Waals surface area contributed by atoms with Crippen LogP contribution in [-0.4, -0.2) is 37.7 Å². The molecule has 2 N–H and O–H groups in total. The van der Waals surface area contributed by atoms with Crippen LogP contribution in [0, 0.1) is 0 Å². The molecule has 2 aromatic heterocycles. The minimum atomic E-state index is -0.926. The molecule has 0 fully saturated rings. The Morgan fingerprint density at radius 2 is 1.87 bits per heavy atom. The van der Waals surface area contributed by atoms with Gasteiger partial charge in [0.1, 0.15) is 22.6 Å². The van der Waals surface area contributed by atoms with Crippen LogP contribution in [0.25, 0.3) is 11.0 Å². The Balaban J connectivity index is 0.000000732. The topological polar surface area (TPSA) is 108 Å². The molecule has 0 amide bonds. The van der Waals surface area contributed by atoms with Crippen molar-refractivity contribution in [2.24, 2.45) is 0 Å². The summed E-state index contributed by atoms with van der Waals surface area (Å²) in [4.78, 5) is 14.3. The number of ether oxygens (including phenoxy) is 3. The van der Waals surface area contributed by atoms with E-state index in [1.54, 1.807) is 32.5 Å². The predicted molar refractivity (Wildman–Crippen MR) is 146 cm³/mol. The number of nitrogens with one attached hydrogen (secondary N) is 2. The highest BCUT2D eigenvalue weighted by Crippen LogP contribution is 2.39. The molecule has 200 valence electrons. The number of nitrogens with zero attached hydrogens (tertiary/aromatic N) is 2. The highest BCUT2D eigenvalue weighted by Gasteiger charge is 2.17. The molecule has 2 heterocycles. The van der Waals surface area contributed by atoms with Crippen LogP contribution in [0.1, 0.15) is 18.1 Å². The third-order valence-corrected chi connectivity index (χ3v) is 5.99. The third-order valence-electron chi connectivity index (χ3n) is 5.15. The van der Waals surface area contributed by atoms with Crippen molar-refractivity contribution in [1.82, 2.24) is 15.5 Å². The number of benzene rings is 2. The highest BCUT2D eigenvalue weighted by molar-refractivity contribution is 8.00. The van der Waals surface area contributed by atoms with Crippen molar-refractivity contribution in [3.63, 3.8) is 0 Å². The molecule has 0 bridgehead atoms. The zero-order valence-electron chi connectivity index (χ0n) is 21.5. The third kappa shape index (κ3) is 7.46. The van der Waals surface area contributed by atoms with Gasteiger partial charge in [-0.3, -0.25) is 4.79 Å². The van der Waals surface area contributed by atoms with Gasteiger partial charge in [0.15, 0.2) is 23.5 Å². The number of allylic oxidation sites excluding steroid dienone is 1. The number of hydrogen-bond acceptors (Lipinski definition) is 10. The molecule has 0 aliphatic rings. The Kier molecular flexibility index (Phi) is 10.5. The maximum Gasteiger partial charge on any atom is 0.219 e. The normalized spacial score (nSPS) is 10.3. The Hall–Kier alpha value is -4.09. The number of rotatable bonds is 11. The second-order valence-electron chi connectivity index (χ2n) is 7.77. The zero-order chi connectivity index (χ0) is 27.5. The molecule has 38 heavy (non-hydrogen) atoms. The summed E-state index contributed by atoms with van der Waals surface area (Å²) in [7, 11) is 5.15. The van der Waals surface area contributed by atoms with E-state index in [0.29, 0.717) is 28.8 Å². The average Bonchev–Trinajstić information content (AvgIpc) is 3.35. The Labute approximate surface area is 224 Å². The van der Waals surface area contributed by atoms with E-state index in [0.717, 1.165) is 34.6 Å². The molecule has 0 radical (unpaired) electrons. The number of anilines is 1. The van der Waals surface area contributed by atoms with Crippen molar-refractivity contribution in [2.45, 2.75) is 24.8 Å². The summed E-state index contributed by atoms with van der Waals surface area (Å²) in [5.41, 5.74) is 2.83. The predicted octanol–water partition coefficient (Wildman–Crippen LogP) is 6.10. The molecule has 2 aromatic carbocycles. The van der Waals surface area contributed by atoms with Gasteiger partial charge >= 0.3 is 0 Å². The smallest absolute Gasteiger partial charge is 0.219 e. The molecule has 9 nitrogen and oxygen atoms in total. The maximum absolute atomic E-state index is 10.9. The van der Waals surface area contributed by atoms with Gasteiger partial charge in [0.05, 0.1) is 19.1 Å². The molecule has 0 saturated heterocycles. The van der Waals surface area contributed by atoms with Crippen molar-refractivity contribution in [3.8, 4) is 23.1 Å². The van der Waals surface area contributed by atoms with Gasteiger partial charge in [-0.05, 0) is 48.7 Å². The van der Waals surface area contributed by atoms with E-state index in [-0.39, 0.29) is 6.29 Å². The number of hydrogen-bond donors (Lipinski definition) is 2. The minimum Gasteiger partial charge on any atom is -0.496 e. The molecule has 4 aromatic rings. The summed E-state index contributed by atoms with van der Waals surface area (Å²) >= 11 is 1.41. The number of carbonyl (C=O) groups is 1. The maximum atomic E-state index is 10.9. The van der Waals surface area contributed by atoms with Gasteiger partial charge in [-0.2, -0.15) is 0 Å². The molecular weight excluding hydrogens is 511 g/mol. The van der Waals surface area contributed by atoms with Gasteiger partial charge in [-0.25, -0.2) is 9.37 Å². The van der Waals surface area contributed by atoms with Gasteiger partial charge < -0.3 is 28.8 Å². The lowest BCUT2D eigenvalue weighted by molar-refractivity contribution is -0.106. The van der Waals surface area contributed by atoms with Gasteiger partial charge in [0, 0.05) is 30.9 Å². The molecule has 11 heteroatoms. The number of aromatic nitrogens is 2. The van der Waals surface area contributed by atoms with Gasteiger partial charge in [-0.15, -0.1) is 0 Å². The van der Waals surface area contributed by atoms with Crippen molar-refractivity contribution < 1.29 is 27.9 Å². The fraction of sp³-hybridized carbons (Fsp3) is 0.222.